The smallest absolute Gasteiger partial charge is 0.250 e. The second kappa shape index (κ2) is 5.99. The molecule has 6 nitrogen and oxygen atoms in total. The highest BCUT2D eigenvalue weighted by Gasteiger charge is 2.28. The molecule has 1 amide bonds. The van der Waals surface area contributed by atoms with Crippen molar-refractivity contribution in [3.63, 3.8) is 0 Å². The Balaban J connectivity index is 2.20. The van der Waals surface area contributed by atoms with Gasteiger partial charge in [0.25, 0.3) is 0 Å². The number of sulfonamides is 1. The van der Waals surface area contributed by atoms with Crippen LogP contribution < -0.4 is 9.62 Å². The molecular weight excluding hydrogens is 304 g/mol. The molecule has 1 aromatic carbocycles. The van der Waals surface area contributed by atoms with Crippen LogP contribution in [0.2, 0.25) is 5.02 Å². The maximum atomic E-state index is 11.8. The van der Waals surface area contributed by atoms with E-state index in [1.807, 2.05) is 0 Å². The largest absolute Gasteiger partial charge is 0.375 e. The molecule has 1 aliphatic heterocycles. The Labute approximate surface area is 122 Å². The van der Waals surface area contributed by atoms with E-state index >= 15 is 0 Å². The monoisotopic (exact) mass is 318 g/mol. The van der Waals surface area contributed by atoms with Crippen LogP contribution in [-0.2, 0) is 19.6 Å². The third-order valence-corrected chi connectivity index (χ3v) is 5.07. The van der Waals surface area contributed by atoms with Crippen molar-refractivity contribution in [1.29, 1.82) is 0 Å². The molecule has 8 heteroatoms. The fraction of sp³-hybridized carbons (Fsp3) is 0.417. The quantitative estimate of drug-likeness (QED) is 0.912. The Morgan fingerprint density at radius 3 is 2.80 bits per heavy atom. The van der Waals surface area contributed by atoms with Crippen molar-refractivity contribution < 1.29 is 17.9 Å². The van der Waals surface area contributed by atoms with Crippen molar-refractivity contribution in [3.8, 4) is 0 Å². The van der Waals surface area contributed by atoms with Crippen molar-refractivity contribution in [2.24, 2.45) is 0 Å². The molecule has 2 rings (SSSR count). The highest BCUT2D eigenvalue weighted by atomic mass is 35.5. The molecule has 0 aliphatic carbocycles. The lowest BCUT2D eigenvalue weighted by Gasteiger charge is -2.18. The summed E-state index contributed by atoms with van der Waals surface area (Å²) in [4.78, 5) is 11.4. The van der Waals surface area contributed by atoms with Crippen molar-refractivity contribution in [2.45, 2.75) is 6.42 Å². The Morgan fingerprint density at radius 2 is 2.25 bits per heavy atom. The lowest BCUT2D eigenvalue weighted by Crippen LogP contribution is -2.25. The third-order valence-electron chi connectivity index (χ3n) is 2.89. The Kier molecular flexibility index (Phi) is 4.52. The summed E-state index contributed by atoms with van der Waals surface area (Å²) >= 11 is 6.07. The lowest BCUT2D eigenvalue weighted by molar-refractivity contribution is -0.119. The van der Waals surface area contributed by atoms with E-state index in [0.29, 0.717) is 24.3 Å². The normalized spacial score (nSPS) is 17.2. The van der Waals surface area contributed by atoms with Crippen molar-refractivity contribution in [2.75, 3.05) is 35.6 Å². The van der Waals surface area contributed by atoms with E-state index in [4.69, 9.17) is 16.3 Å². The average Bonchev–Trinajstić information content (AvgIpc) is 2.72. The number of carbonyl (C=O) groups is 1. The van der Waals surface area contributed by atoms with Gasteiger partial charge in [-0.25, -0.2) is 8.42 Å². The van der Waals surface area contributed by atoms with E-state index in [1.165, 1.54) is 17.5 Å². The lowest BCUT2D eigenvalue weighted by atomic mass is 10.2. The average molecular weight is 319 g/mol. The molecule has 1 fully saturated rings. The number of benzene rings is 1. The van der Waals surface area contributed by atoms with Crippen molar-refractivity contribution in [3.05, 3.63) is 23.2 Å². The molecule has 0 unspecified atom stereocenters. The summed E-state index contributed by atoms with van der Waals surface area (Å²) in [5.74, 6) is -0.173. The zero-order valence-corrected chi connectivity index (χ0v) is 12.5. The number of amides is 1. The van der Waals surface area contributed by atoms with Gasteiger partial charge in [0.15, 0.2) is 0 Å². The number of carbonyl (C=O) groups excluding carboxylic acids is 1. The zero-order valence-electron chi connectivity index (χ0n) is 10.9. The number of anilines is 2. The van der Waals surface area contributed by atoms with Crippen LogP contribution in [0.25, 0.3) is 0 Å². The number of ether oxygens (including phenoxy) is 1. The van der Waals surface area contributed by atoms with Gasteiger partial charge in [-0.05, 0) is 24.6 Å². The summed E-state index contributed by atoms with van der Waals surface area (Å²) in [7, 11) is -1.81. The predicted molar refractivity (Wildman–Crippen MR) is 77.7 cm³/mol. The molecule has 20 heavy (non-hydrogen) atoms. The van der Waals surface area contributed by atoms with Crippen LogP contribution in [-0.4, -0.2) is 40.3 Å². The molecule has 0 spiro atoms. The SMILES string of the molecule is COCC(=O)Nc1ccc(N2CCCS2(=O)=O)cc1Cl. The standard InChI is InChI=1S/C12H15ClN2O4S/c1-19-8-12(16)14-11-4-3-9(7-10(11)13)15-5-2-6-20(15,17)18/h3-4,7H,2,5-6,8H2,1H3,(H,14,16). The number of nitrogens with zero attached hydrogens (tertiary/aromatic N) is 1. The van der Waals surface area contributed by atoms with Gasteiger partial charge >= 0.3 is 0 Å². The van der Waals surface area contributed by atoms with Gasteiger partial charge < -0.3 is 10.1 Å². The molecule has 0 saturated carbocycles. The molecule has 1 aromatic rings. The number of methoxy groups -OCH3 is 1. The molecule has 1 saturated heterocycles. The topological polar surface area (TPSA) is 75.7 Å². The molecule has 0 bridgehead atoms. The maximum Gasteiger partial charge on any atom is 0.250 e. The summed E-state index contributed by atoms with van der Waals surface area (Å²) < 4.78 is 29.7. The Morgan fingerprint density at radius 1 is 1.50 bits per heavy atom. The van der Waals surface area contributed by atoms with Gasteiger partial charge in [-0.2, -0.15) is 0 Å². The number of halogens is 1. The Bertz CT molecular complexity index is 618. The first kappa shape index (κ1) is 15.1. The highest BCUT2D eigenvalue weighted by molar-refractivity contribution is 7.93. The minimum absolute atomic E-state index is 0.0708. The van der Waals surface area contributed by atoms with Gasteiger partial charge in [0, 0.05) is 13.7 Å². The minimum Gasteiger partial charge on any atom is -0.375 e. The Hall–Kier alpha value is -1.31. The predicted octanol–water partition coefficient (Wildman–Crippen LogP) is 1.46. The molecular formula is C12H15ClN2O4S. The van der Waals surface area contributed by atoms with E-state index in [9.17, 15) is 13.2 Å². The van der Waals surface area contributed by atoms with E-state index in [-0.39, 0.29) is 23.3 Å². The number of hydrogen-bond acceptors (Lipinski definition) is 4. The van der Waals surface area contributed by atoms with E-state index in [2.05, 4.69) is 5.32 Å². The first-order valence-electron chi connectivity index (χ1n) is 6.03. The third kappa shape index (κ3) is 3.23. The van der Waals surface area contributed by atoms with Crippen LogP contribution in [0.4, 0.5) is 11.4 Å². The fourth-order valence-electron chi connectivity index (χ4n) is 2.01. The number of nitrogens with one attached hydrogen (secondary N) is 1. The molecule has 110 valence electrons. The summed E-state index contributed by atoms with van der Waals surface area (Å²) in [5.41, 5.74) is 0.936. The van der Waals surface area contributed by atoms with Gasteiger partial charge in [0.05, 0.1) is 22.2 Å². The van der Waals surface area contributed by atoms with Crippen LogP contribution in [0.3, 0.4) is 0 Å². The molecule has 0 radical (unpaired) electrons. The van der Waals surface area contributed by atoms with Crippen LogP contribution in [0, 0.1) is 0 Å². The molecule has 1 N–H and O–H groups in total. The summed E-state index contributed by atoms with van der Waals surface area (Å²) in [6.07, 6.45) is 0.603. The van der Waals surface area contributed by atoms with Crippen molar-refractivity contribution >= 4 is 38.9 Å². The molecule has 1 heterocycles. The maximum absolute atomic E-state index is 11.8. The first-order chi connectivity index (χ1) is 9.44. The van der Waals surface area contributed by atoms with Crippen LogP contribution in [0.5, 0.6) is 0 Å². The van der Waals surface area contributed by atoms with Crippen molar-refractivity contribution in [1.82, 2.24) is 0 Å². The summed E-state index contributed by atoms with van der Waals surface area (Å²) in [5, 5.41) is 2.87. The van der Waals surface area contributed by atoms with Crippen LogP contribution in [0.15, 0.2) is 18.2 Å². The second-order valence-electron chi connectivity index (χ2n) is 4.39. The zero-order chi connectivity index (χ0) is 14.8. The highest BCUT2D eigenvalue weighted by Crippen LogP contribution is 2.31. The molecule has 0 atom stereocenters. The first-order valence-corrected chi connectivity index (χ1v) is 8.01. The summed E-state index contributed by atoms with van der Waals surface area (Å²) in [6, 6.07) is 4.74. The van der Waals surface area contributed by atoms with Gasteiger partial charge in [-0.3, -0.25) is 9.10 Å². The minimum atomic E-state index is -3.23. The molecule has 0 aromatic heterocycles. The number of hydrogen-bond donors (Lipinski definition) is 1. The van der Waals surface area contributed by atoms with Gasteiger partial charge in [0.2, 0.25) is 15.9 Å². The fourth-order valence-corrected chi connectivity index (χ4v) is 3.79. The van der Waals surface area contributed by atoms with E-state index in [0.717, 1.165) is 0 Å². The molecule has 1 aliphatic rings. The number of rotatable bonds is 4. The van der Waals surface area contributed by atoms with E-state index in [1.54, 1.807) is 12.1 Å². The summed E-state index contributed by atoms with van der Waals surface area (Å²) in [6.45, 7) is 0.382. The van der Waals surface area contributed by atoms with Gasteiger partial charge in [-0.1, -0.05) is 11.6 Å². The second-order valence-corrected chi connectivity index (χ2v) is 6.81. The van der Waals surface area contributed by atoms with Crippen LogP contribution in [0.1, 0.15) is 6.42 Å². The van der Waals surface area contributed by atoms with E-state index < -0.39 is 10.0 Å². The van der Waals surface area contributed by atoms with Gasteiger partial charge in [0.1, 0.15) is 6.61 Å². The van der Waals surface area contributed by atoms with Gasteiger partial charge in [-0.15, -0.1) is 0 Å². The van der Waals surface area contributed by atoms with Crippen LogP contribution >= 0.6 is 11.6 Å².